The average Bonchev–Trinajstić information content (AvgIpc) is 2.74. The molecule has 2 fully saturated rings. The molecule has 2 heterocycles. The van der Waals surface area contributed by atoms with Crippen LogP contribution in [0, 0.1) is 0 Å². The van der Waals surface area contributed by atoms with E-state index in [0.717, 1.165) is 0 Å². The van der Waals surface area contributed by atoms with Crippen molar-refractivity contribution in [2.24, 2.45) is 5.73 Å². The average molecular weight is 535 g/mol. The molecular formula is C26H50N2O9. The van der Waals surface area contributed by atoms with Gasteiger partial charge in [0.25, 0.3) is 0 Å². The summed E-state index contributed by atoms with van der Waals surface area (Å²) in [5.74, 6) is -2.33. The van der Waals surface area contributed by atoms with Crippen LogP contribution < -0.4 is 11.1 Å². The lowest BCUT2D eigenvalue weighted by Crippen LogP contribution is -2.92. The highest BCUT2D eigenvalue weighted by atomic mass is 16.7. The Morgan fingerprint density at radius 2 is 1.24 bits per heavy atom. The standard InChI is InChI=1S/C26H50N2O9/c1-16(31)28-21(7)17(2,3)35-19(5,15-30)25(11,23(21,9)33)37-26(12)20(6,27)22(8,32)24(10,34-13)18(4,14-29)36-26/h29-30,32-33H,14-15,27H2,1-13H3,(H,28,31)/t18?,19-,20-,21?,22?,23?,24+,25+,26-/m0/s1. The summed E-state index contributed by atoms with van der Waals surface area (Å²) in [5.41, 5.74) is -7.76. The molecule has 0 aromatic rings. The van der Waals surface area contributed by atoms with E-state index in [1.807, 2.05) is 0 Å². The summed E-state index contributed by atoms with van der Waals surface area (Å²) in [4.78, 5) is 12.3. The highest BCUT2D eigenvalue weighted by Gasteiger charge is 2.80. The Morgan fingerprint density at radius 1 is 0.811 bits per heavy atom. The Balaban J connectivity index is 2.88. The third kappa shape index (κ3) is 3.62. The van der Waals surface area contributed by atoms with Crippen LogP contribution in [0.5, 0.6) is 0 Å². The second-order valence-electron chi connectivity index (χ2n) is 13.0. The first-order valence-corrected chi connectivity index (χ1v) is 12.6. The molecule has 9 atom stereocenters. The molecule has 37 heavy (non-hydrogen) atoms. The van der Waals surface area contributed by atoms with E-state index in [-0.39, 0.29) is 0 Å². The fourth-order valence-electron chi connectivity index (χ4n) is 6.56. The predicted octanol–water partition coefficient (Wildman–Crippen LogP) is 0.338. The van der Waals surface area contributed by atoms with Crippen LogP contribution in [0.3, 0.4) is 0 Å². The van der Waals surface area contributed by atoms with Gasteiger partial charge in [0, 0.05) is 14.0 Å². The fourth-order valence-corrected chi connectivity index (χ4v) is 6.56. The minimum absolute atomic E-state index is 0.412. The van der Waals surface area contributed by atoms with E-state index in [4.69, 9.17) is 24.7 Å². The smallest absolute Gasteiger partial charge is 0.217 e. The van der Waals surface area contributed by atoms with Crippen LogP contribution in [-0.4, -0.2) is 103 Å². The van der Waals surface area contributed by atoms with Crippen molar-refractivity contribution >= 4 is 5.91 Å². The fraction of sp³-hybridized carbons (Fsp3) is 0.962. The monoisotopic (exact) mass is 534 g/mol. The van der Waals surface area contributed by atoms with Gasteiger partial charge in [-0.2, -0.15) is 0 Å². The lowest BCUT2D eigenvalue weighted by atomic mass is 9.56. The number of methoxy groups -OCH3 is 1. The number of rotatable bonds is 6. The molecule has 218 valence electrons. The topological polar surface area (TPSA) is 173 Å². The molecule has 0 aromatic carbocycles. The van der Waals surface area contributed by atoms with Gasteiger partial charge in [-0.15, -0.1) is 0 Å². The van der Waals surface area contributed by atoms with Gasteiger partial charge in [-0.3, -0.25) is 4.79 Å². The Kier molecular flexibility index (Phi) is 7.47. The van der Waals surface area contributed by atoms with Gasteiger partial charge in [-0.1, -0.05) is 0 Å². The van der Waals surface area contributed by atoms with Gasteiger partial charge < -0.3 is 50.4 Å². The second kappa shape index (κ2) is 8.55. The summed E-state index contributed by atoms with van der Waals surface area (Å²) in [7, 11) is 1.39. The third-order valence-electron chi connectivity index (χ3n) is 10.7. The molecule has 2 saturated heterocycles. The van der Waals surface area contributed by atoms with E-state index in [9.17, 15) is 25.2 Å². The molecule has 11 nitrogen and oxygen atoms in total. The molecule has 7 N–H and O–H groups in total. The maximum atomic E-state index is 12.4. The molecule has 0 saturated carbocycles. The molecule has 1 amide bonds. The zero-order chi connectivity index (χ0) is 29.5. The van der Waals surface area contributed by atoms with Gasteiger partial charge in [0.05, 0.1) is 29.9 Å². The molecule has 2 aliphatic heterocycles. The summed E-state index contributed by atoms with van der Waals surface area (Å²) >= 11 is 0. The van der Waals surface area contributed by atoms with Gasteiger partial charge >= 0.3 is 0 Å². The van der Waals surface area contributed by atoms with Crippen molar-refractivity contribution in [3.8, 4) is 0 Å². The summed E-state index contributed by atoms with van der Waals surface area (Å²) in [6.07, 6.45) is 0. The van der Waals surface area contributed by atoms with E-state index in [0.29, 0.717) is 0 Å². The highest BCUT2D eigenvalue weighted by Crippen LogP contribution is 2.60. The van der Waals surface area contributed by atoms with Crippen LogP contribution in [-0.2, 0) is 23.7 Å². The Labute approximate surface area is 221 Å². The van der Waals surface area contributed by atoms with Gasteiger partial charge in [-0.25, -0.2) is 0 Å². The second-order valence-corrected chi connectivity index (χ2v) is 13.0. The molecule has 2 rings (SSSR count). The van der Waals surface area contributed by atoms with Crippen molar-refractivity contribution < 1.29 is 44.2 Å². The summed E-state index contributed by atoms with van der Waals surface area (Å²) in [6, 6.07) is 0. The number of hydrogen-bond acceptors (Lipinski definition) is 10. The number of aliphatic hydroxyl groups is 4. The number of aliphatic hydroxyl groups excluding tert-OH is 2. The van der Waals surface area contributed by atoms with E-state index < -0.39 is 75.2 Å². The van der Waals surface area contributed by atoms with Crippen LogP contribution in [0.15, 0.2) is 0 Å². The number of nitrogens with one attached hydrogen (secondary N) is 1. The zero-order valence-corrected chi connectivity index (χ0v) is 24.8. The SMILES string of the molecule is CO[C@]1(C)C(C)(CO)O[C@@](C)(O[C@@]2(C)C(C)(O)C(C)(NC(C)=O)C(C)(C)O[C@@]2(C)CO)[C@@](C)(N)C1(C)O. The number of hydrogen-bond donors (Lipinski definition) is 6. The summed E-state index contributed by atoms with van der Waals surface area (Å²) in [5, 5.41) is 48.2. The zero-order valence-electron chi connectivity index (χ0n) is 24.8. The van der Waals surface area contributed by atoms with Crippen molar-refractivity contribution in [3.05, 3.63) is 0 Å². The van der Waals surface area contributed by atoms with Crippen molar-refractivity contribution in [2.45, 2.75) is 139 Å². The third-order valence-corrected chi connectivity index (χ3v) is 10.7. The minimum Gasteiger partial charge on any atom is -0.393 e. The van der Waals surface area contributed by atoms with Gasteiger partial charge in [0.2, 0.25) is 5.91 Å². The quantitative estimate of drug-likeness (QED) is 0.279. The molecule has 0 spiro atoms. The maximum Gasteiger partial charge on any atom is 0.217 e. The lowest BCUT2D eigenvalue weighted by molar-refractivity contribution is -0.476. The molecule has 4 unspecified atom stereocenters. The van der Waals surface area contributed by atoms with Crippen molar-refractivity contribution in [2.75, 3.05) is 20.3 Å². The highest BCUT2D eigenvalue weighted by molar-refractivity contribution is 5.74. The van der Waals surface area contributed by atoms with Crippen molar-refractivity contribution in [3.63, 3.8) is 0 Å². The Hall–Kier alpha value is -0.890. The number of carbonyl (C=O) groups is 1. The maximum absolute atomic E-state index is 12.4. The first-order valence-electron chi connectivity index (χ1n) is 12.6. The lowest BCUT2D eigenvalue weighted by Gasteiger charge is -2.72. The summed E-state index contributed by atoms with van der Waals surface area (Å²) in [6.45, 7) is 17.5. The normalized spacial score (nSPS) is 54.1. The minimum atomic E-state index is -1.93. The van der Waals surface area contributed by atoms with Gasteiger partial charge in [0.1, 0.15) is 33.6 Å². The molecular weight excluding hydrogens is 484 g/mol. The van der Waals surface area contributed by atoms with Crippen LogP contribution in [0.4, 0.5) is 0 Å². The van der Waals surface area contributed by atoms with Crippen LogP contribution in [0.1, 0.15) is 83.1 Å². The van der Waals surface area contributed by atoms with Crippen LogP contribution in [0.2, 0.25) is 0 Å². The molecule has 0 aliphatic carbocycles. The van der Waals surface area contributed by atoms with Crippen LogP contribution >= 0.6 is 0 Å². The van der Waals surface area contributed by atoms with Gasteiger partial charge in [-0.05, 0) is 76.2 Å². The summed E-state index contributed by atoms with van der Waals surface area (Å²) < 4.78 is 25.3. The Bertz CT molecular complexity index is 924. The van der Waals surface area contributed by atoms with Gasteiger partial charge in [0.15, 0.2) is 5.79 Å². The number of amides is 1. The molecule has 0 radical (unpaired) electrons. The van der Waals surface area contributed by atoms with E-state index >= 15 is 0 Å². The first kappa shape index (κ1) is 32.3. The molecule has 0 aromatic heterocycles. The van der Waals surface area contributed by atoms with Crippen molar-refractivity contribution in [1.29, 1.82) is 0 Å². The predicted molar refractivity (Wildman–Crippen MR) is 137 cm³/mol. The first-order chi connectivity index (χ1) is 16.2. The van der Waals surface area contributed by atoms with E-state index in [1.54, 1.807) is 48.5 Å². The molecule has 0 bridgehead atoms. The number of ether oxygens (including phenoxy) is 4. The van der Waals surface area contributed by atoms with Crippen molar-refractivity contribution in [1.82, 2.24) is 5.32 Å². The molecule has 11 heteroatoms. The van der Waals surface area contributed by atoms with E-state index in [2.05, 4.69) is 5.32 Å². The van der Waals surface area contributed by atoms with Crippen LogP contribution in [0.25, 0.3) is 0 Å². The molecule has 2 aliphatic rings. The number of nitrogens with two attached hydrogens (primary N) is 1. The Morgan fingerprint density at radius 3 is 1.62 bits per heavy atom. The van der Waals surface area contributed by atoms with E-state index in [1.165, 1.54) is 41.7 Å². The largest absolute Gasteiger partial charge is 0.393 e. The number of carbonyl (C=O) groups excluding carboxylic acids is 1.